The number of morpholine rings is 1. The second-order valence-corrected chi connectivity index (χ2v) is 4.61. The molecule has 1 aliphatic heterocycles. The number of carbonyl (C=O) groups is 1. The summed E-state index contributed by atoms with van der Waals surface area (Å²) < 4.78 is 10.5. The molecule has 1 aliphatic rings. The summed E-state index contributed by atoms with van der Waals surface area (Å²) in [5.74, 6) is 0.873. The molecule has 0 aliphatic carbocycles. The average molecular weight is 264 g/mol. The number of hydrogen-bond acceptors (Lipinski definition) is 4. The summed E-state index contributed by atoms with van der Waals surface area (Å²) in [6.45, 7) is 1.86. The van der Waals surface area contributed by atoms with E-state index in [1.165, 1.54) is 0 Å². The predicted molar refractivity (Wildman–Crippen MR) is 72.1 cm³/mol. The van der Waals surface area contributed by atoms with Crippen molar-refractivity contribution in [1.29, 1.82) is 0 Å². The summed E-state index contributed by atoms with van der Waals surface area (Å²) in [5, 5.41) is 0. The quantitative estimate of drug-likeness (QED) is 0.837. The van der Waals surface area contributed by atoms with Gasteiger partial charge in [-0.05, 0) is 24.1 Å². The number of rotatable bonds is 5. The standard InChI is InChI=1S/C14H20N2O3/c1-18-12-4-2-3-11(7-12)5-6-16-9-13(8-15)19-10-14(16)17/h2-4,7,13H,5-6,8-10,15H2,1H3. The highest BCUT2D eigenvalue weighted by atomic mass is 16.5. The van der Waals surface area contributed by atoms with E-state index in [-0.39, 0.29) is 18.6 Å². The second-order valence-electron chi connectivity index (χ2n) is 4.61. The Hall–Kier alpha value is -1.59. The smallest absolute Gasteiger partial charge is 0.248 e. The molecule has 1 aromatic rings. The van der Waals surface area contributed by atoms with Crippen molar-refractivity contribution < 1.29 is 14.3 Å². The van der Waals surface area contributed by atoms with Crippen LogP contribution in [0.5, 0.6) is 5.75 Å². The lowest BCUT2D eigenvalue weighted by Gasteiger charge is -2.32. The van der Waals surface area contributed by atoms with Crippen molar-refractivity contribution in [1.82, 2.24) is 4.90 Å². The van der Waals surface area contributed by atoms with Crippen molar-refractivity contribution in [3.8, 4) is 5.75 Å². The Morgan fingerprint density at radius 2 is 2.37 bits per heavy atom. The first-order valence-corrected chi connectivity index (χ1v) is 6.45. The highest BCUT2D eigenvalue weighted by Gasteiger charge is 2.24. The fourth-order valence-electron chi connectivity index (χ4n) is 2.13. The lowest BCUT2D eigenvalue weighted by Crippen LogP contribution is -2.49. The molecule has 1 heterocycles. The minimum absolute atomic E-state index is 0.0348. The van der Waals surface area contributed by atoms with Crippen LogP contribution in [0.2, 0.25) is 0 Å². The SMILES string of the molecule is COc1cccc(CCN2CC(CN)OCC2=O)c1. The van der Waals surface area contributed by atoms with Gasteiger partial charge in [-0.1, -0.05) is 12.1 Å². The Balaban J connectivity index is 1.91. The average Bonchev–Trinajstić information content (AvgIpc) is 2.46. The first-order valence-electron chi connectivity index (χ1n) is 6.45. The van der Waals surface area contributed by atoms with Crippen LogP contribution in [0.25, 0.3) is 0 Å². The van der Waals surface area contributed by atoms with Crippen LogP contribution in [0.3, 0.4) is 0 Å². The third-order valence-corrected chi connectivity index (χ3v) is 3.29. The van der Waals surface area contributed by atoms with Gasteiger partial charge in [0.1, 0.15) is 12.4 Å². The van der Waals surface area contributed by atoms with E-state index in [1.807, 2.05) is 29.2 Å². The summed E-state index contributed by atoms with van der Waals surface area (Å²) >= 11 is 0. The van der Waals surface area contributed by atoms with Crippen LogP contribution in [0.1, 0.15) is 5.56 Å². The van der Waals surface area contributed by atoms with Gasteiger partial charge in [-0.15, -0.1) is 0 Å². The van der Waals surface area contributed by atoms with Gasteiger partial charge in [-0.3, -0.25) is 4.79 Å². The third-order valence-electron chi connectivity index (χ3n) is 3.29. The predicted octanol–water partition coefficient (Wildman–Crippen LogP) is 0.424. The van der Waals surface area contributed by atoms with Crippen LogP contribution >= 0.6 is 0 Å². The number of nitrogens with zero attached hydrogens (tertiary/aromatic N) is 1. The third kappa shape index (κ3) is 3.68. The molecule has 2 N–H and O–H groups in total. The van der Waals surface area contributed by atoms with Crippen molar-refractivity contribution >= 4 is 5.91 Å². The van der Waals surface area contributed by atoms with Gasteiger partial charge in [0.05, 0.1) is 13.2 Å². The number of ether oxygens (including phenoxy) is 2. The zero-order chi connectivity index (χ0) is 13.7. The van der Waals surface area contributed by atoms with Crippen LogP contribution in [0.15, 0.2) is 24.3 Å². The van der Waals surface area contributed by atoms with Gasteiger partial charge in [-0.2, -0.15) is 0 Å². The molecule has 104 valence electrons. The summed E-state index contributed by atoms with van der Waals surface area (Å²) in [4.78, 5) is 13.6. The molecule has 0 saturated carbocycles. The number of nitrogens with two attached hydrogens (primary N) is 1. The highest BCUT2D eigenvalue weighted by Crippen LogP contribution is 2.14. The minimum Gasteiger partial charge on any atom is -0.497 e. The van der Waals surface area contributed by atoms with E-state index in [2.05, 4.69) is 0 Å². The lowest BCUT2D eigenvalue weighted by atomic mass is 10.1. The molecule has 0 bridgehead atoms. The van der Waals surface area contributed by atoms with Crippen molar-refractivity contribution in [2.45, 2.75) is 12.5 Å². The van der Waals surface area contributed by atoms with Gasteiger partial charge in [0, 0.05) is 19.6 Å². The van der Waals surface area contributed by atoms with Crippen molar-refractivity contribution in [3.05, 3.63) is 29.8 Å². The first kappa shape index (κ1) is 13.8. The van der Waals surface area contributed by atoms with E-state index in [0.717, 1.165) is 17.7 Å². The molecule has 1 unspecified atom stereocenters. The molecular formula is C14H20N2O3. The zero-order valence-electron chi connectivity index (χ0n) is 11.2. The topological polar surface area (TPSA) is 64.8 Å². The Morgan fingerprint density at radius 3 is 3.11 bits per heavy atom. The summed E-state index contributed by atoms with van der Waals surface area (Å²) in [6.07, 6.45) is 0.767. The highest BCUT2D eigenvalue weighted by molar-refractivity contribution is 5.78. The molecule has 1 saturated heterocycles. The fourth-order valence-corrected chi connectivity index (χ4v) is 2.13. The van der Waals surface area contributed by atoms with Crippen molar-refractivity contribution in [3.63, 3.8) is 0 Å². The molecule has 0 spiro atoms. The molecule has 0 radical (unpaired) electrons. The van der Waals surface area contributed by atoms with E-state index in [0.29, 0.717) is 19.6 Å². The van der Waals surface area contributed by atoms with Crippen LogP contribution in [-0.4, -0.2) is 50.3 Å². The van der Waals surface area contributed by atoms with E-state index in [1.54, 1.807) is 7.11 Å². The van der Waals surface area contributed by atoms with Gasteiger partial charge in [-0.25, -0.2) is 0 Å². The van der Waals surface area contributed by atoms with E-state index >= 15 is 0 Å². The molecule has 5 heteroatoms. The number of benzene rings is 1. The van der Waals surface area contributed by atoms with E-state index in [9.17, 15) is 4.79 Å². The maximum absolute atomic E-state index is 11.7. The van der Waals surface area contributed by atoms with Gasteiger partial charge in [0.15, 0.2) is 0 Å². The lowest BCUT2D eigenvalue weighted by molar-refractivity contribution is -0.148. The fraction of sp³-hybridized carbons (Fsp3) is 0.500. The summed E-state index contributed by atoms with van der Waals surface area (Å²) in [5.41, 5.74) is 6.73. The molecular weight excluding hydrogens is 244 g/mol. The summed E-state index contributed by atoms with van der Waals surface area (Å²) in [6, 6.07) is 7.89. The Bertz CT molecular complexity index is 436. The Labute approximate surface area is 113 Å². The van der Waals surface area contributed by atoms with Gasteiger partial charge < -0.3 is 20.1 Å². The van der Waals surface area contributed by atoms with Gasteiger partial charge >= 0.3 is 0 Å². The van der Waals surface area contributed by atoms with Crippen LogP contribution in [-0.2, 0) is 16.0 Å². The maximum Gasteiger partial charge on any atom is 0.248 e. The monoisotopic (exact) mass is 264 g/mol. The summed E-state index contributed by atoms with van der Waals surface area (Å²) in [7, 11) is 1.65. The molecule has 1 fully saturated rings. The molecule has 1 amide bonds. The minimum atomic E-state index is -0.0389. The van der Waals surface area contributed by atoms with Crippen molar-refractivity contribution in [2.75, 3.05) is 33.4 Å². The Kier molecular flexibility index (Phi) is 4.76. The van der Waals surface area contributed by atoms with Gasteiger partial charge in [0.25, 0.3) is 0 Å². The number of methoxy groups -OCH3 is 1. The van der Waals surface area contributed by atoms with Crippen LogP contribution in [0.4, 0.5) is 0 Å². The Morgan fingerprint density at radius 1 is 1.53 bits per heavy atom. The second kappa shape index (κ2) is 6.54. The normalized spacial score (nSPS) is 19.6. The largest absolute Gasteiger partial charge is 0.497 e. The first-order chi connectivity index (χ1) is 9.22. The molecule has 5 nitrogen and oxygen atoms in total. The number of carbonyl (C=O) groups excluding carboxylic acids is 1. The van der Waals surface area contributed by atoms with E-state index in [4.69, 9.17) is 15.2 Å². The van der Waals surface area contributed by atoms with Crippen LogP contribution in [0, 0.1) is 0 Å². The number of hydrogen-bond donors (Lipinski definition) is 1. The molecule has 19 heavy (non-hydrogen) atoms. The molecule has 1 atom stereocenters. The molecule has 2 rings (SSSR count). The van der Waals surface area contributed by atoms with Crippen molar-refractivity contribution in [2.24, 2.45) is 5.73 Å². The maximum atomic E-state index is 11.7. The zero-order valence-corrected chi connectivity index (χ0v) is 11.2. The molecule has 1 aromatic carbocycles. The van der Waals surface area contributed by atoms with Gasteiger partial charge in [0.2, 0.25) is 5.91 Å². The van der Waals surface area contributed by atoms with E-state index < -0.39 is 0 Å². The molecule has 0 aromatic heterocycles. The number of amides is 1. The van der Waals surface area contributed by atoms with Crippen LogP contribution < -0.4 is 10.5 Å².